The highest BCUT2D eigenvalue weighted by atomic mass is 32.1. The molecular weight excluding hydrogens is 354 g/mol. The Labute approximate surface area is 149 Å². The predicted molar refractivity (Wildman–Crippen MR) is 89.9 cm³/mol. The molecule has 0 aromatic carbocycles. The summed E-state index contributed by atoms with van der Waals surface area (Å²) < 4.78 is 0. The fourth-order valence-electron chi connectivity index (χ4n) is 1.97. The lowest BCUT2D eigenvalue weighted by Gasteiger charge is -2.29. The molecule has 11 heteroatoms. The molecular formula is C14H23N3O7S. The van der Waals surface area contributed by atoms with Gasteiger partial charge in [0.1, 0.15) is 0 Å². The molecule has 2 amide bonds. The van der Waals surface area contributed by atoms with E-state index in [4.69, 9.17) is 16.6 Å². The van der Waals surface area contributed by atoms with Crippen molar-refractivity contribution in [1.29, 1.82) is 0 Å². The molecule has 0 rings (SSSR count). The molecule has 0 bridgehead atoms. The van der Waals surface area contributed by atoms with Gasteiger partial charge in [-0.25, -0.2) is 4.79 Å². The van der Waals surface area contributed by atoms with Crippen LogP contribution < -0.4 is 11.5 Å². The molecule has 0 spiro atoms. The van der Waals surface area contributed by atoms with Crippen LogP contribution in [0.3, 0.4) is 0 Å². The van der Waals surface area contributed by atoms with E-state index in [1.165, 1.54) is 0 Å². The zero-order valence-corrected chi connectivity index (χ0v) is 14.6. The minimum Gasteiger partial charge on any atom is -0.481 e. The Morgan fingerprint density at radius 3 is 2.00 bits per heavy atom. The van der Waals surface area contributed by atoms with Gasteiger partial charge in [-0.3, -0.25) is 24.1 Å². The molecule has 3 unspecified atom stereocenters. The second-order valence-corrected chi connectivity index (χ2v) is 5.69. The predicted octanol–water partition coefficient (Wildman–Crippen LogP) is -1.39. The zero-order valence-electron chi connectivity index (χ0n) is 13.8. The summed E-state index contributed by atoms with van der Waals surface area (Å²) in [5, 5.41) is 18.0. The Bertz CT molecular complexity index is 541. The molecule has 0 aromatic heterocycles. The maximum absolute atomic E-state index is 12.4. The Morgan fingerprint density at radius 1 is 1.04 bits per heavy atom. The number of aliphatic carboxylic acids is 2. The van der Waals surface area contributed by atoms with Gasteiger partial charge in [0, 0.05) is 18.6 Å². The van der Waals surface area contributed by atoms with Crippen molar-refractivity contribution < 1.29 is 34.2 Å². The molecule has 0 aliphatic rings. The molecule has 142 valence electrons. The Morgan fingerprint density at radius 2 is 1.60 bits per heavy atom. The molecule has 3 atom stereocenters. The van der Waals surface area contributed by atoms with Crippen LogP contribution in [0.2, 0.25) is 0 Å². The maximum atomic E-state index is 12.4. The number of Topliss-reactive ketones (excluding diaryl/α,β-unsaturated/α-hetero) is 1. The number of carboxylic acids is 2. The van der Waals surface area contributed by atoms with E-state index in [9.17, 15) is 29.1 Å². The minimum absolute atomic E-state index is 0.166. The first-order valence-corrected chi connectivity index (χ1v) is 8.17. The van der Waals surface area contributed by atoms with Crippen molar-refractivity contribution in [2.75, 3.05) is 5.75 Å². The standard InChI is InChI=1S/C14H23N3O7S/c1-2-3-9(18)17(13(22)8(16)6-25)11(14(23)24)12(21)7(15)4-5-10(19)20/h7-8,11,25H,2-6,15-16H2,1H3,(H,19,20)(H,23,24). The number of ketones is 1. The Balaban J connectivity index is 5.71. The third-order valence-corrected chi connectivity index (χ3v) is 3.67. The number of carboxylic acid groups (broad SMARTS) is 2. The molecule has 25 heavy (non-hydrogen) atoms. The first kappa shape index (κ1) is 23.0. The molecule has 0 saturated heterocycles. The van der Waals surface area contributed by atoms with Crippen LogP contribution in [-0.4, -0.2) is 68.5 Å². The van der Waals surface area contributed by atoms with Crippen LogP contribution in [0, 0.1) is 0 Å². The van der Waals surface area contributed by atoms with Gasteiger partial charge in [0.2, 0.25) is 11.8 Å². The van der Waals surface area contributed by atoms with Crippen molar-refractivity contribution in [2.24, 2.45) is 11.5 Å². The lowest BCUT2D eigenvalue weighted by Crippen LogP contribution is -2.60. The smallest absolute Gasteiger partial charge is 0.334 e. The number of rotatable bonds is 11. The topological polar surface area (TPSA) is 181 Å². The van der Waals surface area contributed by atoms with Crippen molar-refractivity contribution in [1.82, 2.24) is 4.90 Å². The molecule has 0 saturated carbocycles. The highest BCUT2D eigenvalue weighted by Gasteiger charge is 2.42. The quantitative estimate of drug-likeness (QED) is 0.214. The van der Waals surface area contributed by atoms with E-state index in [2.05, 4.69) is 12.6 Å². The van der Waals surface area contributed by atoms with E-state index >= 15 is 0 Å². The molecule has 0 fully saturated rings. The summed E-state index contributed by atoms with van der Waals surface area (Å²) in [4.78, 5) is 59.3. The van der Waals surface area contributed by atoms with Crippen LogP contribution in [0.4, 0.5) is 0 Å². The number of imide groups is 1. The Kier molecular flexibility index (Phi) is 9.94. The van der Waals surface area contributed by atoms with E-state index in [1.54, 1.807) is 6.92 Å². The highest BCUT2D eigenvalue weighted by Crippen LogP contribution is 2.12. The molecule has 6 N–H and O–H groups in total. The third-order valence-electron chi connectivity index (χ3n) is 3.28. The number of nitrogens with two attached hydrogens (primary N) is 2. The lowest BCUT2D eigenvalue weighted by molar-refractivity contribution is -0.162. The SMILES string of the molecule is CCCC(=O)N(C(=O)C(N)CS)C(C(=O)O)C(=O)C(N)CCC(=O)O. The summed E-state index contributed by atoms with van der Waals surface area (Å²) in [6, 6.07) is -4.91. The van der Waals surface area contributed by atoms with E-state index in [0.717, 1.165) is 0 Å². The first-order valence-electron chi connectivity index (χ1n) is 7.54. The van der Waals surface area contributed by atoms with Gasteiger partial charge in [0.15, 0.2) is 11.8 Å². The summed E-state index contributed by atoms with van der Waals surface area (Å²) in [5.41, 5.74) is 11.1. The maximum Gasteiger partial charge on any atom is 0.334 e. The lowest BCUT2D eigenvalue weighted by atomic mass is 9.99. The fraction of sp³-hybridized carbons (Fsp3) is 0.643. The minimum atomic E-state index is -2.17. The van der Waals surface area contributed by atoms with Gasteiger partial charge in [-0.15, -0.1) is 0 Å². The second-order valence-electron chi connectivity index (χ2n) is 5.32. The van der Waals surface area contributed by atoms with Gasteiger partial charge in [0.25, 0.3) is 0 Å². The van der Waals surface area contributed by atoms with Gasteiger partial charge in [0.05, 0.1) is 12.1 Å². The zero-order chi connectivity index (χ0) is 19.7. The second kappa shape index (κ2) is 10.8. The van der Waals surface area contributed by atoms with E-state index < -0.39 is 54.1 Å². The van der Waals surface area contributed by atoms with Gasteiger partial charge in [-0.05, 0) is 12.8 Å². The molecule has 10 nitrogen and oxygen atoms in total. The van der Waals surface area contributed by atoms with E-state index in [0.29, 0.717) is 11.3 Å². The first-order chi connectivity index (χ1) is 11.6. The number of carbonyl (C=O) groups excluding carboxylic acids is 3. The highest BCUT2D eigenvalue weighted by molar-refractivity contribution is 7.80. The number of carbonyl (C=O) groups is 5. The summed E-state index contributed by atoms with van der Waals surface area (Å²) in [6.45, 7) is 1.63. The average Bonchev–Trinajstić information content (AvgIpc) is 2.54. The van der Waals surface area contributed by atoms with Crippen molar-refractivity contribution in [2.45, 2.75) is 50.7 Å². The largest absolute Gasteiger partial charge is 0.481 e. The molecule has 0 aliphatic carbocycles. The summed E-state index contributed by atoms with van der Waals surface area (Å²) >= 11 is 3.83. The number of amides is 2. The number of thiol groups is 1. The molecule has 0 aliphatic heterocycles. The van der Waals surface area contributed by atoms with Gasteiger partial charge < -0.3 is 21.7 Å². The van der Waals surface area contributed by atoms with Crippen LogP contribution in [-0.2, 0) is 24.0 Å². The summed E-state index contributed by atoms with van der Waals surface area (Å²) in [5.74, 6) is -6.21. The van der Waals surface area contributed by atoms with Gasteiger partial charge in [-0.1, -0.05) is 6.92 Å². The van der Waals surface area contributed by atoms with Crippen LogP contribution >= 0.6 is 12.6 Å². The van der Waals surface area contributed by atoms with Crippen LogP contribution in [0.1, 0.15) is 32.6 Å². The Hall–Kier alpha value is -1.98. The van der Waals surface area contributed by atoms with Gasteiger partial charge in [-0.2, -0.15) is 12.6 Å². The summed E-state index contributed by atoms with van der Waals surface area (Å²) in [7, 11) is 0. The molecule has 0 heterocycles. The average molecular weight is 377 g/mol. The van der Waals surface area contributed by atoms with Crippen LogP contribution in [0.25, 0.3) is 0 Å². The number of hydrogen-bond acceptors (Lipinski definition) is 8. The monoisotopic (exact) mass is 377 g/mol. The van der Waals surface area contributed by atoms with E-state index in [1.807, 2.05) is 0 Å². The van der Waals surface area contributed by atoms with Crippen molar-refractivity contribution in [3.05, 3.63) is 0 Å². The number of nitrogens with zero attached hydrogens (tertiary/aromatic N) is 1. The van der Waals surface area contributed by atoms with Gasteiger partial charge >= 0.3 is 11.9 Å². The molecule has 0 radical (unpaired) electrons. The number of hydrogen-bond donors (Lipinski definition) is 5. The fourth-order valence-corrected chi connectivity index (χ4v) is 2.12. The van der Waals surface area contributed by atoms with Crippen molar-refractivity contribution >= 4 is 42.2 Å². The van der Waals surface area contributed by atoms with Crippen molar-refractivity contribution in [3.63, 3.8) is 0 Å². The normalized spacial score (nSPS) is 14.2. The van der Waals surface area contributed by atoms with E-state index in [-0.39, 0.29) is 18.6 Å². The van der Waals surface area contributed by atoms with Crippen LogP contribution in [0.5, 0.6) is 0 Å². The third kappa shape index (κ3) is 6.80. The van der Waals surface area contributed by atoms with Crippen LogP contribution in [0.15, 0.2) is 0 Å². The summed E-state index contributed by atoms with van der Waals surface area (Å²) in [6.07, 6.45) is -0.663. The molecule has 0 aromatic rings. The van der Waals surface area contributed by atoms with Crippen molar-refractivity contribution in [3.8, 4) is 0 Å².